The van der Waals surface area contributed by atoms with Crippen molar-refractivity contribution in [2.75, 3.05) is 69.1 Å². The summed E-state index contributed by atoms with van der Waals surface area (Å²) in [5, 5.41) is 9.44. The number of halogens is 2. The van der Waals surface area contributed by atoms with Crippen LogP contribution in [0.2, 0.25) is 0 Å². The molecule has 0 aliphatic carbocycles. The maximum absolute atomic E-state index is 14.5. The van der Waals surface area contributed by atoms with Gasteiger partial charge in [0, 0.05) is 68.5 Å². The second-order valence-electron chi connectivity index (χ2n) is 15.8. The van der Waals surface area contributed by atoms with Crippen LogP contribution in [-0.2, 0) is 16.4 Å². The molecule has 0 spiro atoms. The topological polar surface area (TPSA) is 155 Å². The van der Waals surface area contributed by atoms with Crippen molar-refractivity contribution < 1.29 is 31.5 Å². The van der Waals surface area contributed by atoms with Crippen molar-refractivity contribution in [2.24, 2.45) is 5.92 Å². The third-order valence-electron chi connectivity index (χ3n) is 11.6. The van der Waals surface area contributed by atoms with Crippen LogP contribution in [0.4, 0.5) is 31.8 Å². The highest BCUT2D eigenvalue weighted by molar-refractivity contribution is 7.88. The molecule has 62 heavy (non-hydrogen) atoms. The van der Waals surface area contributed by atoms with E-state index >= 15 is 0 Å². The summed E-state index contributed by atoms with van der Waals surface area (Å²) in [7, 11) is -0.155. The first-order chi connectivity index (χ1) is 29.9. The molecule has 1 fully saturated rings. The Morgan fingerprint density at radius 2 is 1.66 bits per heavy atom. The van der Waals surface area contributed by atoms with Crippen LogP contribution in [0.25, 0.3) is 28.3 Å². The second-order valence-corrected chi connectivity index (χ2v) is 17.7. The molecule has 1 amide bonds. The monoisotopic (exact) mass is 865 g/mol. The van der Waals surface area contributed by atoms with Gasteiger partial charge >= 0.3 is 0 Å². The lowest BCUT2D eigenvalue weighted by atomic mass is 9.91. The zero-order chi connectivity index (χ0) is 43.5. The van der Waals surface area contributed by atoms with E-state index in [0.717, 1.165) is 68.7 Å². The third-order valence-corrected chi connectivity index (χ3v) is 12.9. The number of carbonyl (C=O) groups excluding carboxylic acids is 1. The van der Waals surface area contributed by atoms with Crippen molar-refractivity contribution in [2.45, 2.75) is 38.6 Å². The molecule has 0 bridgehead atoms. The summed E-state index contributed by atoms with van der Waals surface area (Å²) < 4.78 is 68.1. The molecular formula is C45H49F2N9O5S. The van der Waals surface area contributed by atoms with Gasteiger partial charge in [-0.3, -0.25) is 14.1 Å². The van der Waals surface area contributed by atoms with Crippen LogP contribution in [0.3, 0.4) is 0 Å². The Balaban J connectivity index is 1.07. The highest BCUT2D eigenvalue weighted by Crippen LogP contribution is 2.38. The van der Waals surface area contributed by atoms with Gasteiger partial charge in [-0.25, -0.2) is 32.2 Å². The minimum atomic E-state index is -3.19. The predicted octanol–water partition coefficient (Wildman–Crippen LogP) is 7.47. The lowest BCUT2D eigenvalue weighted by Crippen LogP contribution is -2.52. The van der Waals surface area contributed by atoms with Gasteiger partial charge in [-0.05, 0) is 91.8 Å². The van der Waals surface area contributed by atoms with E-state index in [1.165, 1.54) is 19.4 Å². The van der Waals surface area contributed by atoms with Crippen LogP contribution in [0.5, 0.6) is 11.5 Å². The number of hydrogen-bond donors (Lipinski definition) is 3. The number of sulfonamides is 1. The number of para-hydroxylation sites is 1. The Kier molecular flexibility index (Phi) is 12.4. The van der Waals surface area contributed by atoms with Crippen LogP contribution in [0.1, 0.15) is 42.1 Å². The van der Waals surface area contributed by atoms with Crippen LogP contribution < -0.4 is 25.4 Å². The van der Waals surface area contributed by atoms with Gasteiger partial charge in [0.15, 0.2) is 0 Å². The average molecular weight is 866 g/mol. The molecule has 5 heterocycles. The minimum absolute atomic E-state index is 0.0478. The fourth-order valence-electron chi connectivity index (χ4n) is 8.41. The SMILES string of the molecule is COc1cc2c(cc1Nc1nccc(-c3c(-c4ccc(OC)c(C(=O)Nc5c(F)cccc5F)c4)nc4ccccn34)n1)C[C@@H](C)CCC(N1CCN(S(C)(=O)=O)CC1)CCN2. The largest absolute Gasteiger partial charge is 0.496 e. The van der Waals surface area contributed by atoms with Gasteiger partial charge in [-0.1, -0.05) is 19.1 Å². The van der Waals surface area contributed by atoms with Crippen LogP contribution in [0.15, 0.2) is 85.2 Å². The van der Waals surface area contributed by atoms with Gasteiger partial charge in [-0.15, -0.1) is 0 Å². The second kappa shape index (κ2) is 18.0. The number of benzene rings is 3. The molecule has 1 saturated heterocycles. The number of ether oxygens (including phenoxy) is 2. The molecule has 3 aromatic heterocycles. The van der Waals surface area contributed by atoms with E-state index < -0.39 is 33.3 Å². The summed E-state index contributed by atoms with van der Waals surface area (Å²) in [6, 6.07) is 20.1. The number of fused-ring (bicyclic) bond motifs is 2. The van der Waals surface area contributed by atoms with E-state index in [0.29, 0.717) is 70.7 Å². The lowest BCUT2D eigenvalue weighted by Gasteiger charge is -2.39. The number of nitrogens with one attached hydrogen (secondary N) is 3. The van der Waals surface area contributed by atoms with Crippen molar-refractivity contribution >= 4 is 44.6 Å². The van der Waals surface area contributed by atoms with Crippen molar-refractivity contribution in [1.29, 1.82) is 0 Å². The molecule has 2 atom stereocenters. The average Bonchev–Trinajstić information content (AvgIpc) is 3.66. The van der Waals surface area contributed by atoms with Crippen molar-refractivity contribution in [3.05, 3.63) is 108 Å². The summed E-state index contributed by atoms with van der Waals surface area (Å²) in [6.45, 7) is 5.53. The highest BCUT2D eigenvalue weighted by atomic mass is 32.2. The maximum Gasteiger partial charge on any atom is 0.259 e. The predicted molar refractivity (Wildman–Crippen MR) is 236 cm³/mol. The summed E-state index contributed by atoms with van der Waals surface area (Å²) in [5.74, 6) is -1.06. The summed E-state index contributed by atoms with van der Waals surface area (Å²) in [6.07, 6.45) is 8.63. The van der Waals surface area contributed by atoms with E-state index in [-0.39, 0.29) is 11.3 Å². The number of rotatable bonds is 10. The number of hydrogen-bond acceptors (Lipinski definition) is 11. The molecule has 6 aromatic rings. The summed E-state index contributed by atoms with van der Waals surface area (Å²) in [4.78, 5) is 30.5. The Morgan fingerprint density at radius 1 is 0.887 bits per heavy atom. The van der Waals surface area contributed by atoms with Gasteiger partial charge in [0.25, 0.3) is 5.91 Å². The third kappa shape index (κ3) is 9.05. The molecule has 2 aliphatic rings. The first-order valence-electron chi connectivity index (χ1n) is 20.6. The number of aromatic nitrogens is 4. The molecule has 14 nitrogen and oxygen atoms in total. The zero-order valence-corrected chi connectivity index (χ0v) is 35.8. The highest BCUT2D eigenvalue weighted by Gasteiger charge is 2.29. The number of anilines is 4. The van der Waals surface area contributed by atoms with Gasteiger partial charge in [0.2, 0.25) is 16.0 Å². The van der Waals surface area contributed by atoms with Crippen molar-refractivity contribution in [3.8, 4) is 34.1 Å². The number of amides is 1. The van der Waals surface area contributed by atoms with Gasteiger partial charge in [-0.2, -0.15) is 4.31 Å². The van der Waals surface area contributed by atoms with E-state index in [4.69, 9.17) is 19.4 Å². The maximum atomic E-state index is 14.5. The van der Waals surface area contributed by atoms with E-state index in [2.05, 4.69) is 38.8 Å². The van der Waals surface area contributed by atoms with Gasteiger partial charge in [0.1, 0.15) is 34.5 Å². The number of carbonyl (C=O) groups is 1. The molecule has 1 unspecified atom stereocenters. The van der Waals surface area contributed by atoms with Crippen molar-refractivity contribution in [1.82, 2.24) is 28.6 Å². The lowest BCUT2D eigenvalue weighted by molar-refractivity contribution is 0.102. The van der Waals surface area contributed by atoms with E-state index in [1.807, 2.05) is 34.9 Å². The standard InChI is InChI=1S/C45H49F2N9O5S/c1-28-11-13-31(54-20-22-55(23-21-54)62(4,58)59)15-17-48-36-27-39(61-3)37(26-30(36)24-28)51-45-49-18-16-35(50-45)43-41(52-40-10-5-6-19-56(40)43)29-12-14-38(60-2)32(25-29)44(57)53-42-33(46)8-7-9-34(42)47/h5-10,12,14,16,18-19,25-28,31,48H,11,13,15,17,20-24H2,1-4H3,(H,53,57)(H,49,50,51)/t28-,31?/m0/s1. The fourth-order valence-corrected chi connectivity index (χ4v) is 9.23. The molecule has 3 aromatic carbocycles. The Bertz CT molecular complexity index is 2700. The number of nitrogens with zero attached hydrogens (tertiary/aromatic N) is 6. The number of piperazine rings is 1. The first kappa shape index (κ1) is 42.5. The molecule has 8 rings (SSSR count). The van der Waals surface area contributed by atoms with E-state index in [9.17, 15) is 22.0 Å². The normalized spacial score (nSPS) is 17.8. The molecule has 324 valence electrons. The number of pyridine rings is 1. The van der Waals surface area contributed by atoms with Gasteiger partial charge < -0.3 is 25.4 Å². The van der Waals surface area contributed by atoms with Gasteiger partial charge in [0.05, 0.1) is 48.8 Å². The molecule has 17 heteroatoms. The molecule has 0 radical (unpaired) electrons. The Hall–Kier alpha value is -6.17. The first-order valence-corrected chi connectivity index (χ1v) is 22.4. The van der Waals surface area contributed by atoms with E-state index in [1.54, 1.807) is 41.9 Å². The summed E-state index contributed by atoms with van der Waals surface area (Å²) >= 11 is 0. The molecule has 2 aliphatic heterocycles. The Labute approximate surface area is 359 Å². The minimum Gasteiger partial charge on any atom is -0.496 e. The molecule has 0 saturated carbocycles. The number of methoxy groups -OCH3 is 2. The zero-order valence-electron chi connectivity index (χ0n) is 35.0. The van der Waals surface area contributed by atoms with Crippen LogP contribution >= 0.6 is 0 Å². The number of imidazole rings is 1. The molecular weight excluding hydrogens is 817 g/mol. The smallest absolute Gasteiger partial charge is 0.259 e. The quantitative estimate of drug-likeness (QED) is 0.126. The summed E-state index contributed by atoms with van der Waals surface area (Å²) in [5.41, 5.74) is 5.13. The van der Waals surface area contributed by atoms with Crippen molar-refractivity contribution in [3.63, 3.8) is 0 Å². The fraction of sp³-hybridized carbons (Fsp3) is 0.333. The van der Waals surface area contributed by atoms with Crippen LogP contribution in [-0.4, -0.2) is 102 Å². The Morgan fingerprint density at radius 3 is 2.40 bits per heavy atom. The van der Waals surface area contributed by atoms with Crippen LogP contribution in [0, 0.1) is 17.6 Å². The molecule has 3 N–H and O–H groups in total.